The largest absolute Gasteiger partial charge is 0.352 e. The first-order valence-corrected chi connectivity index (χ1v) is 11.7. The topological polar surface area (TPSA) is 67.2 Å². The molecule has 1 fully saturated rings. The number of carbonyl (C=O) groups is 2. The predicted molar refractivity (Wildman–Crippen MR) is 129 cm³/mol. The number of hydrogen-bond donors (Lipinski definition) is 1. The number of piperidine rings is 1. The number of rotatable bonds is 6. The standard InChI is InChI=1S/C26H29ClN4O2/c1-18-24(19(2)31(29-18)16-20-7-4-3-5-8-20)15-28-25(32)22-9-6-14-30(17-22)26(33)21-10-12-23(27)13-11-21/h3-5,7-8,10-13,22H,6,9,14-17H2,1-2H3,(H,28,32)/t22-/m0/s1. The van der Waals surface area contributed by atoms with Gasteiger partial charge in [-0.05, 0) is 56.5 Å². The fourth-order valence-corrected chi connectivity index (χ4v) is 4.50. The molecule has 2 heterocycles. The number of benzene rings is 2. The second-order valence-corrected chi connectivity index (χ2v) is 9.04. The molecule has 4 rings (SSSR count). The van der Waals surface area contributed by atoms with E-state index in [9.17, 15) is 9.59 Å². The fourth-order valence-electron chi connectivity index (χ4n) is 4.37. The van der Waals surface area contributed by atoms with E-state index >= 15 is 0 Å². The van der Waals surface area contributed by atoms with Crippen molar-refractivity contribution in [3.8, 4) is 0 Å². The van der Waals surface area contributed by atoms with Crippen LogP contribution >= 0.6 is 11.6 Å². The van der Waals surface area contributed by atoms with Crippen molar-refractivity contribution < 1.29 is 9.59 Å². The zero-order valence-electron chi connectivity index (χ0n) is 19.1. The number of aryl methyl sites for hydroxylation is 1. The summed E-state index contributed by atoms with van der Waals surface area (Å²) < 4.78 is 1.99. The Kier molecular flexibility index (Phi) is 7.14. The summed E-state index contributed by atoms with van der Waals surface area (Å²) >= 11 is 5.93. The van der Waals surface area contributed by atoms with Crippen LogP contribution in [0.1, 0.15) is 45.7 Å². The van der Waals surface area contributed by atoms with Gasteiger partial charge in [-0.15, -0.1) is 0 Å². The van der Waals surface area contributed by atoms with E-state index in [1.165, 1.54) is 5.56 Å². The van der Waals surface area contributed by atoms with Gasteiger partial charge in [0.25, 0.3) is 5.91 Å². The Labute approximate surface area is 199 Å². The number of hydrogen-bond acceptors (Lipinski definition) is 3. The molecule has 1 atom stereocenters. The van der Waals surface area contributed by atoms with E-state index in [1.54, 1.807) is 29.2 Å². The van der Waals surface area contributed by atoms with Gasteiger partial charge in [-0.3, -0.25) is 14.3 Å². The molecule has 0 aliphatic carbocycles. The van der Waals surface area contributed by atoms with Gasteiger partial charge in [-0.1, -0.05) is 41.9 Å². The second kappa shape index (κ2) is 10.2. The summed E-state index contributed by atoms with van der Waals surface area (Å²) in [5.74, 6) is -0.286. The lowest BCUT2D eigenvalue weighted by Crippen LogP contribution is -2.45. The van der Waals surface area contributed by atoms with Gasteiger partial charge in [0.05, 0.1) is 18.2 Å². The number of nitrogens with zero attached hydrogens (tertiary/aromatic N) is 3. The van der Waals surface area contributed by atoms with E-state index in [0.717, 1.165) is 29.8 Å². The first-order chi connectivity index (χ1) is 15.9. The van der Waals surface area contributed by atoms with Crippen LogP contribution in [0.25, 0.3) is 0 Å². The summed E-state index contributed by atoms with van der Waals surface area (Å²) in [5.41, 5.74) is 4.81. The molecule has 1 aliphatic heterocycles. The maximum Gasteiger partial charge on any atom is 0.253 e. The summed E-state index contributed by atoms with van der Waals surface area (Å²) in [5, 5.41) is 8.36. The van der Waals surface area contributed by atoms with Crippen molar-refractivity contribution >= 4 is 23.4 Å². The number of aromatic nitrogens is 2. The molecule has 2 aromatic carbocycles. The first kappa shape index (κ1) is 23.1. The molecule has 1 saturated heterocycles. The van der Waals surface area contributed by atoms with Crippen molar-refractivity contribution in [1.29, 1.82) is 0 Å². The van der Waals surface area contributed by atoms with Crippen LogP contribution in [-0.4, -0.2) is 39.6 Å². The average Bonchev–Trinajstić information content (AvgIpc) is 3.10. The van der Waals surface area contributed by atoms with Gasteiger partial charge in [0.1, 0.15) is 0 Å². The van der Waals surface area contributed by atoms with Gasteiger partial charge in [0.15, 0.2) is 0 Å². The lowest BCUT2D eigenvalue weighted by atomic mass is 9.96. The molecule has 0 spiro atoms. The number of likely N-dealkylation sites (tertiary alicyclic amines) is 1. The zero-order valence-corrected chi connectivity index (χ0v) is 19.8. The number of carbonyl (C=O) groups excluding carboxylic acids is 2. The summed E-state index contributed by atoms with van der Waals surface area (Å²) in [7, 11) is 0. The Hall–Kier alpha value is -3.12. The van der Waals surface area contributed by atoms with E-state index in [4.69, 9.17) is 11.6 Å². The fraction of sp³-hybridized carbons (Fsp3) is 0.346. The van der Waals surface area contributed by atoms with Crippen LogP contribution in [0.3, 0.4) is 0 Å². The quantitative estimate of drug-likeness (QED) is 0.589. The molecular formula is C26H29ClN4O2. The van der Waals surface area contributed by atoms with Gasteiger partial charge in [-0.25, -0.2) is 0 Å². The molecule has 0 saturated carbocycles. The normalized spacial score (nSPS) is 16.0. The Morgan fingerprint density at radius 1 is 1.09 bits per heavy atom. The summed E-state index contributed by atoms with van der Waals surface area (Å²) in [6.07, 6.45) is 1.59. The van der Waals surface area contributed by atoms with Gasteiger partial charge in [0.2, 0.25) is 5.91 Å². The SMILES string of the molecule is Cc1nn(Cc2ccccc2)c(C)c1CNC(=O)[C@H]1CCCN(C(=O)c2ccc(Cl)cc2)C1. The van der Waals surface area contributed by atoms with E-state index in [2.05, 4.69) is 22.5 Å². The minimum Gasteiger partial charge on any atom is -0.352 e. The van der Waals surface area contributed by atoms with Crippen molar-refractivity contribution in [2.75, 3.05) is 13.1 Å². The van der Waals surface area contributed by atoms with Gasteiger partial charge < -0.3 is 10.2 Å². The molecule has 7 heteroatoms. The van der Waals surface area contributed by atoms with Crippen LogP contribution < -0.4 is 5.32 Å². The summed E-state index contributed by atoms with van der Waals surface area (Å²) in [4.78, 5) is 27.6. The molecular weight excluding hydrogens is 436 g/mol. The molecule has 2 amide bonds. The van der Waals surface area contributed by atoms with Crippen LogP contribution in [0.15, 0.2) is 54.6 Å². The average molecular weight is 465 g/mol. The smallest absolute Gasteiger partial charge is 0.253 e. The van der Waals surface area contributed by atoms with E-state index < -0.39 is 0 Å². The summed E-state index contributed by atoms with van der Waals surface area (Å²) in [6, 6.07) is 17.1. The Morgan fingerprint density at radius 3 is 2.55 bits per heavy atom. The Morgan fingerprint density at radius 2 is 1.82 bits per heavy atom. The minimum absolute atomic E-state index is 0.0155. The second-order valence-electron chi connectivity index (χ2n) is 8.61. The van der Waals surface area contributed by atoms with Gasteiger partial charge in [0, 0.05) is 41.5 Å². The molecule has 172 valence electrons. The van der Waals surface area contributed by atoms with Crippen molar-refractivity contribution in [3.63, 3.8) is 0 Å². The maximum absolute atomic E-state index is 12.9. The molecule has 0 unspecified atom stereocenters. The maximum atomic E-state index is 12.9. The molecule has 0 bridgehead atoms. The molecule has 0 radical (unpaired) electrons. The van der Waals surface area contributed by atoms with Crippen molar-refractivity contribution in [2.45, 2.75) is 39.8 Å². The van der Waals surface area contributed by atoms with E-state index in [0.29, 0.717) is 36.8 Å². The van der Waals surface area contributed by atoms with Crippen LogP contribution in [-0.2, 0) is 17.9 Å². The van der Waals surface area contributed by atoms with E-state index in [-0.39, 0.29) is 17.7 Å². The van der Waals surface area contributed by atoms with Crippen LogP contribution in [0.2, 0.25) is 5.02 Å². The van der Waals surface area contributed by atoms with Gasteiger partial charge in [-0.2, -0.15) is 5.10 Å². The minimum atomic E-state index is -0.213. The highest BCUT2D eigenvalue weighted by molar-refractivity contribution is 6.30. The van der Waals surface area contributed by atoms with Gasteiger partial charge >= 0.3 is 0 Å². The molecule has 33 heavy (non-hydrogen) atoms. The lowest BCUT2D eigenvalue weighted by molar-refractivity contribution is -0.126. The van der Waals surface area contributed by atoms with Crippen molar-refractivity contribution in [3.05, 3.63) is 87.7 Å². The number of nitrogens with one attached hydrogen (secondary N) is 1. The zero-order chi connectivity index (χ0) is 23.4. The molecule has 6 nitrogen and oxygen atoms in total. The number of halogens is 1. The van der Waals surface area contributed by atoms with Crippen LogP contribution in [0, 0.1) is 19.8 Å². The predicted octanol–water partition coefficient (Wildman–Crippen LogP) is 4.37. The van der Waals surface area contributed by atoms with Crippen molar-refractivity contribution in [2.24, 2.45) is 5.92 Å². The van der Waals surface area contributed by atoms with Crippen LogP contribution in [0.5, 0.6) is 0 Å². The molecule has 1 aliphatic rings. The highest BCUT2D eigenvalue weighted by Gasteiger charge is 2.29. The monoisotopic (exact) mass is 464 g/mol. The first-order valence-electron chi connectivity index (χ1n) is 11.3. The summed E-state index contributed by atoms with van der Waals surface area (Å²) in [6.45, 7) is 6.24. The Bertz CT molecular complexity index is 1130. The molecule has 1 aromatic heterocycles. The third kappa shape index (κ3) is 5.45. The molecule has 3 aromatic rings. The highest BCUT2D eigenvalue weighted by Crippen LogP contribution is 2.21. The van der Waals surface area contributed by atoms with Crippen molar-refractivity contribution in [1.82, 2.24) is 20.0 Å². The van der Waals surface area contributed by atoms with Crippen LogP contribution in [0.4, 0.5) is 0 Å². The third-order valence-electron chi connectivity index (χ3n) is 6.32. The number of amides is 2. The lowest BCUT2D eigenvalue weighted by Gasteiger charge is -2.32. The molecule has 1 N–H and O–H groups in total. The highest BCUT2D eigenvalue weighted by atomic mass is 35.5. The Balaban J connectivity index is 1.36. The third-order valence-corrected chi connectivity index (χ3v) is 6.57. The van der Waals surface area contributed by atoms with E-state index in [1.807, 2.05) is 36.7 Å².